The normalized spacial score (nSPS) is 12.3. The van der Waals surface area contributed by atoms with Crippen molar-refractivity contribution in [3.8, 4) is 0 Å². The fraction of sp³-hybridized carbons (Fsp3) is 0.257. The van der Waals surface area contributed by atoms with E-state index >= 15 is 0 Å². The highest BCUT2D eigenvalue weighted by atomic mass is 79.9. The molecule has 0 fully saturated rings. The number of anilines is 1. The van der Waals surface area contributed by atoms with Crippen molar-refractivity contribution in [1.29, 1.82) is 0 Å². The summed E-state index contributed by atoms with van der Waals surface area (Å²) >= 11 is 3.41. The maximum atomic E-state index is 14.5. The number of carbonyl (C=O) groups excluding carboxylic acids is 2. The summed E-state index contributed by atoms with van der Waals surface area (Å²) in [5, 5.41) is 3.04. The van der Waals surface area contributed by atoms with Gasteiger partial charge in [-0.3, -0.25) is 13.9 Å². The van der Waals surface area contributed by atoms with Crippen LogP contribution in [0.3, 0.4) is 0 Å². The molecule has 0 unspecified atom stereocenters. The minimum atomic E-state index is -4.15. The standard InChI is InChI=1S/C35H38BrN3O4S/c1-26-15-21-31(22-16-26)44(42,43)39(30-19-17-29(36)18-20-30)25-33(40)38(24-28-13-9-6-10-14-28)32(34(41)37-35(2,3)4)23-27-11-7-5-8-12-27/h5-22,32H,23-25H2,1-4H3,(H,37,41)/t32-/m1/s1. The summed E-state index contributed by atoms with van der Waals surface area (Å²) < 4.78 is 30.1. The number of nitrogens with zero attached hydrogens (tertiary/aromatic N) is 2. The van der Waals surface area contributed by atoms with Gasteiger partial charge in [0.05, 0.1) is 10.6 Å². The second kappa shape index (κ2) is 14.2. The monoisotopic (exact) mass is 675 g/mol. The van der Waals surface area contributed by atoms with Crippen molar-refractivity contribution in [2.24, 2.45) is 0 Å². The zero-order valence-electron chi connectivity index (χ0n) is 25.4. The summed E-state index contributed by atoms with van der Waals surface area (Å²) in [6, 6.07) is 31.3. The van der Waals surface area contributed by atoms with Crippen LogP contribution in [0.4, 0.5) is 5.69 Å². The molecule has 0 aromatic heterocycles. The lowest BCUT2D eigenvalue weighted by Gasteiger charge is -2.35. The molecule has 2 amide bonds. The summed E-state index contributed by atoms with van der Waals surface area (Å²) in [5.74, 6) is -0.820. The molecule has 0 saturated heterocycles. The minimum Gasteiger partial charge on any atom is -0.350 e. The molecule has 0 aliphatic rings. The van der Waals surface area contributed by atoms with Crippen molar-refractivity contribution in [1.82, 2.24) is 10.2 Å². The van der Waals surface area contributed by atoms with E-state index in [1.807, 2.05) is 88.4 Å². The number of nitrogens with one attached hydrogen (secondary N) is 1. The lowest BCUT2D eigenvalue weighted by Crippen LogP contribution is -2.56. The van der Waals surface area contributed by atoms with E-state index in [1.54, 1.807) is 36.4 Å². The Labute approximate surface area is 269 Å². The Kier molecular flexibility index (Phi) is 10.7. The maximum absolute atomic E-state index is 14.5. The molecular formula is C35H38BrN3O4S. The van der Waals surface area contributed by atoms with E-state index in [9.17, 15) is 18.0 Å². The van der Waals surface area contributed by atoms with Gasteiger partial charge in [-0.25, -0.2) is 8.42 Å². The largest absolute Gasteiger partial charge is 0.350 e. The van der Waals surface area contributed by atoms with Crippen LogP contribution in [0.2, 0.25) is 0 Å². The van der Waals surface area contributed by atoms with E-state index in [0.717, 1.165) is 25.5 Å². The van der Waals surface area contributed by atoms with Gasteiger partial charge in [-0.15, -0.1) is 0 Å². The van der Waals surface area contributed by atoms with Gasteiger partial charge in [0, 0.05) is 23.0 Å². The summed E-state index contributed by atoms with van der Waals surface area (Å²) in [4.78, 5) is 29.9. The highest BCUT2D eigenvalue weighted by Crippen LogP contribution is 2.27. The van der Waals surface area contributed by atoms with E-state index in [2.05, 4.69) is 21.2 Å². The SMILES string of the molecule is Cc1ccc(S(=O)(=O)N(CC(=O)N(Cc2ccccc2)[C@H](Cc2ccccc2)C(=O)NC(C)(C)C)c2ccc(Br)cc2)cc1. The van der Waals surface area contributed by atoms with Gasteiger partial charge >= 0.3 is 0 Å². The molecule has 7 nitrogen and oxygen atoms in total. The van der Waals surface area contributed by atoms with Crippen molar-refractivity contribution in [3.05, 3.63) is 130 Å². The van der Waals surface area contributed by atoms with Gasteiger partial charge in [0.1, 0.15) is 12.6 Å². The number of benzene rings is 4. The van der Waals surface area contributed by atoms with E-state index in [4.69, 9.17) is 0 Å². The van der Waals surface area contributed by atoms with Gasteiger partial charge < -0.3 is 10.2 Å². The molecule has 0 heterocycles. The summed E-state index contributed by atoms with van der Waals surface area (Å²) in [7, 11) is -4.15. The molecule has 0 aliphatic heterocycles. The Hall–Kier alpha value is -3.95. The minimum absolute atomic E-state index is 0.0692. The van der Waals surface area contributed by atoms with E-state index < -0.39 is 34.1 Å². The second-order valence-corrected chi connectivity index (χ2v) is 14.5. The van der Waals surface area contributed by atoms with E-state index in [1.165, 1.54) is 17.0 Å². The number of rotatable bonds is 11. The number of halogens is 1. The second-order valence-electron chi connectivity index (χ2n) is 11.8. The molecule has 4 rings (SSSR count). The molecule has 9 heteroatoms. The van der Waals surface area contributed by atoms with Gasteiger partial charge in [0.15, 0.2) is 0 Å². The predicted molar refractivity (Wildman–Crippen MR) is 179 cm³/mol. The number of aryl methyl sites for hydroxylation is 1. The summed E-state index contributed by atoms with van der Waals surface area (Å²) in [6.07, 6.45) is 0.254. The predicted octanol–water partition coefficient (Wildman–Crippen LogP) is 6.51. The van der Waals surface area contributed by atoms with Crippen LogP contribution >= 0.6 is 15.9 Å². The quantitative estimate of drug-likeness (QED) is 0.196. The van der Waals surface area contributed by atoms with Crippen LogP contribution in [0, 0.1) is 6.92 Å². The lowest BCUT2D eigenvalue weighted by atomic mass is 10.0. The lowest BCUT2D eigenvalue weighted by molar-refractivity contribution is -0.140. The molecule has 0 spiro atoms. The van der Waals surface area contributed by atoms with Gasteiger partial charge in [-0.05, 0) is 75.2 Å². The highest BCUT2D eigenvalue weighted by molar-refractivity contribution is 9.10. The zero-order valence-corrected chi connectivity index (χ0v) is 27.8. The summed E-state index contributed by atoms with van der Waals surface area (Å²) in [6.45, 7) is 7.15. The third-order valence-corrected chi connectivity index (χ3v) is 9.28. The maximum Gasteiger partial charge on any atom is 0.264 e. The van der Waals surface area contributed by atoms with Gasteiger partial charge in [-0.1, -0.05) is 94.3 Å². The molecular weight excluding hydrogens is 638 g/mol. The van der Waals surface area contributed by atoms with E-state index in [-0.39, 0.29) is 23.8 Å². The Morgan fingerprint density at radius 2 is 1.34 bits per heavy atom. The van der Waals surface area contributed by atoms with Crippen molar-refractivity contribution in [2.45, 2.75) is 57.1 Å². The highest BCUT2D eigenvalue weighted by Gasteiger charge is 2.35. The first kappa shape index (κ1) is 33.0. The number of hydrogen-bond donors (Lipinski definition) is 1. The van der Waals surface area contributed by atoms with Crippen molar-refractivity contribution in [2.75, 3.05) is 10.8 Å². The summed E-state index contributed by atoms with van der Waals surface area (Å²) in [5.41, 5.74) is 2.40. The topological polar surface area (TPSA) is 86.8 Å². The molecule has 4 aromatic carbocycles. The number of amides is 2. The molecule has 4 aromatic rings. The average molecular weight is 677 g/mol. The van der Waals surface area contributed by atoms with Crippen molar-refractivity contribution >= 4 is 43.5 Å². The number of carbonyl (C=O) groups is 2. The Balaban J connectivity index is 1.80. The zero-order chi connectivity index (χ0) is 31.9. The Morgan fingerprint density at radius 3 is 1.89 bits per heavy atom. The van der Waals surface area contributed by atoms with Crippen LogP contribution in [-0.4, -0.2) is 43.3 Å². The number of hydrogen-bond acceptors (Lipinski definition) is 4. The van der Waals surface area contributed by atoms with Crippen LogP contribution < -0.4 is 9.62 Å². The third kappa shape index (κ3) is 8.80. The first-order valence-electron chi connectivity index (χ1n) is 14.4. The van der Waals surface area contributed by atoms with Gasteiger partial charge in [0.25, 0.3) is 10.0 Å². The van der Waals surface area contributed by atoms with Crippen LogP contribution in [0.5, 0.6) is 0 Å². The van der Waals surface area contributed by atoms with Crippen LogP contribution in [0.1, 0.15) is 37.5 Å². The van der Waals surface area contributed by atoms with Gasteiger partial charge in [0.2, 0.25) is 11.8 Å². The fourth-order valence-corrected chi connectivity index (χ4v) is 6.44. The van der Waals surface area contributed by atoms with Gasteiger partial charge in [-0.2, -0.15) is 0 Å². The Bertz CT molecular complexity index is 1660. The Morgan fingerprint density at radius 1 is 0.795 bits per heavy atom. The number of sulfonamides is 1. The molecule has 44 heavy (non-hydrogen) atoms. The third-order valence-electron chi connectivity index (χ3n) is 6.97. The van der Waals surface area contributed by atoms with Crippen molar-refractivity contribution < 1.29 is 18.0 Å². The molecule has 0 aliphatic carbocycles. The molecule has 0 radical (unpaired) electrons. The first-order chi connectivity index (χ1) is 20.8. The molecule has 0 bridgehead atoms. The van der Waals surface area contributed by atoms with Crippen molar-refractivity contribution in [3.63, 3.8) is 0 Å². The van der Waals surface area contributed by atoms with E-state index in [0.29, 0.717) is 5.69 Å². The molecule has 1 atom stereocenters. The van der Waals surface area contributed by atoms with Crippen LogP contribution in [0.25, 0.3) is 0 Å². The van der Waals surface area contributed by atoms with Crippen LogP contribution in [-0.2, 0) is 32.6 Å². The molecule has 230 valence electrons. The smallest absolute Gasteiger partial charge is 0.264 e. The average Bonchev–Trinajstić information content (AvgIpc) is 2.98. The van der Waals surface area contributed by atoms with Crippen LogP contribution in [0.15, 0.2) is 119 Å². The fourth-order valence-electron chi connectivity index (χ4n) is 4.76. The molecule has 1 N–H and O–H groups in total. The first-order valence-corrected chi connectivity index (χ1v) is 16.6. The molecule has 0 saturated carbocycles.